The van der Waals surface area contributed by atoms with Crippen LogP contribution < -0.4 is 5.32 Å². The molecule has 1 N–H and O–H groups in total. The summed E-state index contributed by atoms with van der Waals surface area (Å²) in [6, 6.07) is 0. The highest BCUT2D eigenvalue weighted by atomic mass is 32.1. The number of carbonyl (C=O) groups excluding carboxylic acids is 2. The lowest BCUT2D eigenvalue weighted by molar-refractivity contribution is -0.143. The molecule has 0 radical (unpaired) electrons. The van der Waals surface area contributed by atoms with E-state index in [1.165, 1.54) is 0 Å². The van der Waals surface area contributed by atoms with Gasteiger partial charge in [0.2, 0.25) is 0 Å². The van der Waals surface area contributed by atoms with Gasteiger partial charge in [-0.05, 0) is 33.6 Å². The largest absolute Gasteiger partial charge is 0.465 e. The number of carbonyl (C=O) groups is 2. The Hall–Kier alpha value is -0.910. The molecule has 0 aliphatic rings. The van der Waals surface area contributed by atoms with E-state index in [0.717, 1.165) is 19.3 Å². The minimum atomic E-state index is -0.471. The quantitative estimate of drug-likeness (QED) is 0.410. The van der Waals surface area contributed by atoms with Gasteiger partial charge in [-0.25, -0.2) is 4.79 Å². The van der Waals surface area contributed by atoms with E-state index < -0.39 is 11.7 Å². The average Bonchev–Trinajstić information content (AvgIpc) is 2.28. The van der Waals surface area contributed by atoms with Gasteiger partial charge in [-0.15, -0.1) is 0 Å². The molecule has 0 rings (SSSR count). The maximum atomic E-state index is 11.3. The minimum Gasteiger partial charge on any atom is -0.465 e. The van der Waals surface area contributed by atoms with Gasteiger partial charge in [-0.1, -0.05) is 6.42 Å². The first-order valence-electron chi connectivity index (χ1n) is 6.58. The number of alkyl carbamates (subject to hydrolysis) is 1. The summed E-state index contributed by atoms with van der Waals surface area (Å²) < 4.78 is 9.98. The standard InChI is InChI=1S/C13H25NO4S/c1-13(2,3)18-12(16)14-8-6-4-5-7-11(15)17-9-10-19/h19H,4-10H2,1-3H3,(H,14,16). The fourth-order valence-corrected chi connectivity index (χ4v) is 1.40. The van der Waals surface area contributed by atoms with Crippen LogP contribution >= 0.6 is 12.6 Å². The maximum absolute atomic E-state index is 11.3. The van der Waals surface area contributed by atoms with Gasteiger partial charge in [-0.2, -0.15) is 12.6 Å². The molecular formula is C13H25NO4S. The number of esters is 1. The Morgan fingerprint density at radius 3 is 2.42 bits per heavy atom. The summed E-state index contributed by atoms with van der Waals surface area (Å²) in [6.07, 6.45) is 2.47. The normalized spacial score (nSPS) is 10.9. The van der Waals surface area contributed by atoms with Crippen LogP contribution in [0, 0.1) is 0 Å². The molecule has 0 heterocycles. The summed E-state index contributed by atoms with van der Waals surface area (Å²) in [5.74, 6) is 0.361. The van der Waals surface area contributed by atoms with Crippen LogP contribution in [-0.4, -0.2) is 36.6 Å². The van der Waals surface area contributed by atoms with Gasteiger partial charge < -0.3 is 14.8 Å². The monoisotopic (exact) mass is 291 g/mol. The summed E-state index contributed by atoms with van der Waals surface area (Å²) in [6.45, 7) is 6.39. The third kappa shape index (κ3) is 13.3. The molecule has 112 valence electrons. The van der Waals surface area contributed by atoms with Crippen LogP contribution in [-0.2, 0) is 14.3 Å². The van der Waals surface area contributed by atoms with Crippen LogP contribution in [0.3, 0.4) is 0 Å². The molecule has 6 heteroatoms. The highest BCUT2D eigenvalue weighted by Gasteiger charge is 2.15. The topological polar surface area (TPSA) is 64.6 Å². The molecule has 0 aliphatic heterocycles. The van der Waals surface area contributed by atoms with E-state index in [1.807, 2.05) is 20.8 Å². The van der Waals surface area contributed by atoms with Gasteiger partial charge in [0.15, 0.2) is 0 Å². The molecule has 0 saturated carbocycles. The number of nitrogens with one attached hydrogen (secondary N) is 1. The first-order chi connectivity index (χ1) is 8.85. The number of rotatable bonds is 8. The van der Waals surface area contributed by atoms with Crippen molar-refractivity contribution >= 4 is 24.7 Å². The average molecular weight is 291 g/mol. The van der Waals surface area contributed by atoms with Gasteiger partial charge in [0.1, 0.15) is 12.2 Å². The Kier molecular flexibility index (Phi) is 9.47. The van der Waals surface area contributed by atoms with Crippen molar-refractivity contribution < 1.29 is 19.1 Å². The van der Waals surface area contributed by atoms with E-state index in [-0.39, 0.29) is 5.97 Å². The molecule has 0 saturated heterocycles. The molecule has 0 atom stereocenters. The molecule has 0 unspecified atom stereocenters. The number of unbranched alkanes of at least 4 members (excludes halogenated alkanes) is 2. The molecule has 0 aromatic heterocycles. The van der Waals surface area contributed by atoms with Gasteiger partial charge in [-0.3, -0.25) is 4.79 Å². The predicted molar refractivity (Wildman–Crippen MR) is 77.5 cm³/mol. The van der Waals surface area contributed by atoms with Crippen molar-refractivity contribution in [2.24, 2.45) is 0 Å². The van der Waals surface area contributed by atoms with Gasteiger partial charge >= 0.3 is 12.1 Å². The third-order valence-electron chi connectivity index (χ3n) is 2.08. The van der Waals surface area contributed by atoms with Gasteiger partial charge in [0, 0.05) is 18.7 Å². The number of ether oxygens (including phenoxy) is 2. The Labute approximate surface area is 120 Å². The van der Waals surface area contributed by atoms with Crippen LogP contribution in [0.5, 0.6) is 0 Å². The van der Waals surface area contributed by atoms with Crippen LogP contribution in [0.4, 0.5) is 4.79 Å². The van der Waals surface area contributed by atoms with Crippen LogP contribution in [0.15, 0.2) is 0 Å². The second kappa shape index (κ2) is 9.95. The van der Waals surface area contributed by atoms with Crippen molar-refractivity contribution in [3.8, 4) is 0 Å². The summed E-state index contributed by atoms with van der Waals surface area (Å²) in [4.78, 5) is 22.5. The zero-order valence-electron chi connectivity index (χ0n) is 12.0. The SMILES string of the molecule is CC(C)(C)OC(=O)NCCCCCC(=O)OCCS. The zero-order valence-corrected chi connectivity index (χ0v) is 12.9. The van der Waals surface area contributed by atoms with E-state index in [2.05, 4.69) is 17.9 Å². The van der Waals surface area contributed by atoms with E-state index in [4.69, 9.17) is 9.47 Å². The first-order valence-corrected chi connectivity index (χ1v) is 7.22. The lowest BCUT2D eigenvalue weighted by Crippen LogP contribution is -2.32. The molecule has 19 heavy (non-hydrogen) atoms. The Balaban J connectivity index is 3.41. The van der Waals surface area contributed by atoms with E-state index >= 15 is 0 Å². The highest BCUT2D eigenvalue weighted by molar-refractivity contribution is 7.80. The molecule has 0 aromatic carbocycles. The molecule has 0 bridgehead atoms. The molecule has 0 spiro atoms. The molecule has 1 amide bonds. The van der Waals surface area contributed by atoms with Crippen molar-refractivity contribution in [3.63, 3.8) is 0 Å². The van der Waals surface area contributed by atoms with Crippen LogP contribution in [0.1, 0.15) is 46.5 Å². The Bertz CT molecular complexity index is 276. The second-order valence-electron chi connectivity index (χ2n) is 5.18. The third-order valence-corrected chi connectivity index (χ3v) is 2.26. The summed E-state index contributed by atoms with van der Waals surface area (Å²) in [7, 11) is 0. The first kappa shape index (κ1) is 18.1. The fraction of sp³-hybridized carbons (Fsp3) is 0.846. The van der Waals surface area contributed by atoms with Crippen LogP contribution in [0.2, 0.25) is 0 Å². The minimum absolute atomic E-state index is 0.186. The smallest absolute Gasteiger partial charge is 0.407 e. The molecule has 5 nitrogen and oxygen atoms in total. The number of hydrogen-bond acceptors (Lipinski definition) is 5. The maximum Gasteiger partial charge on any atom is 0.407 e. The summed E-state index contributed by atoms with van der Waals surface area (Å²) in [5, 5.41) is 2.67. The Morgan fingerprint density at radius 1 is 1.16 bits per heavy atom. The lowest BCUT2D eigenvalue weighted by Gasteiger charge is -2.19. The summed E-state index contributed by atoms with van der Waals surface area (Å²) in [5.41, 5.74) is -0.471. The van der Waals surface area contributed by atoms with Crippen molar-refractivity contribution in [2.45, 2.75) is 52.1 Å². The summed E-state index contributed by atoms with van der Waals surface area (Å²) >= 11 is 3.95. The molecule has 0 aliphatic carbocycles. The van der Waals surface area contributed by atoms with Gasteiger partial charge in [0.25, 0.3) is 0 Å². The lowest BCUT2D eigenvalue weighted by atomic mass is 10.2. The Morgan fingerprint density at radius 2 is 1.84 bits per heavy atom. The van der Waals surface area contributed by atoms with Crippen molar-refractivity contribution in [3.05, 3.63) is 0 Å². The van der Waals surface area contributed by atoms with E-state index in [9.17, 15) is 9.59 Å². The van der Waals surface area contributed by atoms with Crippen molar-refractivity contribution in [2.75, 3.05) is 18.9 Å². The number of hydrogen-bond donors (Lipinski definition) is 2. The number of thiol groups is 1. The van der Waals surface area contributed by atoms with E-state index in [1.54, 1.807) is 0 Å². The fourth-order valence-electron chi connectivity index (χ4n) is 1.31. The van der Waals surface area contributed by atoms with Crippen LogP contribution in [0.25, 0.3) is 0 Å². The molecule has 0 fully saturated rings. The second-order valence-corrected chi connectivity index (χ2v) is 5.63. The van der Waals surface area contributed by atoms with Gasteiger partial charge in [0.05, 0.1) is 0 Å². The molecule has 0 aromatic rings. The molecular weight excluding hydrogens is 266 g/mol. The predicted octanol–water partition coefficient (Wildman–Crippen LogP) is 2.54. The zero-order chi connectivity index (χ0) is 14.7. The highest BCUT2D eigenvalue weighted by Crippen LogP contribution is 2.06. The van der Waals surface area contributed by atoms with Crippen molar-refractivity contribution in [1.29, 1.82) is 0 Å². The van der Waals surface area contributed by atoms with E-state index in [0.29, 0.717) is 25.3 Å². The van der Waals surface area contributed by atoms with Crippen molar-refractivity contribution in [1.82, 2.24) is 5.32 Å². The number of amides is 1.